The molecule has 0 radical (unpaired) electrons. The van der Waals surface area contributed by atoms with Crippen molar-refractivity contribution >= 4 is 0 Å². The van der Waals surface area contributed by atoms with Crippen LogP contribution >= 0.6 is 0 Å². The van der Waals surface area contributed by atoms with Crippen molar-refractivity contribution in [2.45, 2.75) is 45.8 Å². The lowest BCUT2D eigenvalue weighted by atomic mass is 9.97. The zero-order valence-electron chi connectivity index (χ0n) is 10.3. The predicted molar refractivity (Wildman–Crippen MR) is 61.9 cm³/mol. The molecular weight excluding hydrogens is 190 g/mol. The van der Waals surface area contributed by atoms with Crippen LogP contribution in [0.5, 0.6) is 0 Å². The number of hydrogen-bond donors (Lipinski definition) is 1. The molecule has 1 aliphatic rings. The predicted octanol–water partition coefficient (Wildman–Crippen LogP) is 1.50. The molecule has 0 amide bonds. The van der Waals surface area contributed by atoms with Crippen molar-refractivity contribution in [1.82, 2.24) is 4.90 Å². The molecule has 0 aromatic carbocycles. The van der Waals surface area contributed by atoms with Gasteiger partial charge in [-0.2, -0.15) is 0 Å². The lowest BCUT2D eigenvalue weighted by molar-refractivity contribution is -0.0495. The van der Waals surface area contributed by atoms with Crippen LogP contribution in [-0.4, -0.2) is 48.5 Å². The Morgan fingerprint density at radius 1 is 1.47 bits per heavy atom. The SMILES string of the molecule is CCC(C)N(CC)CC1COCCC1O. The molecular formula is C12H25NO2. The maximum atomic E-state index is 9.86. The summed E-state index contributed by atoms with van der Waals surface area (Å²) in [6.07, 6.45) is 1.79. The third kappa shape index (κ3) is 3.74. The van der Waals surface area contributed by atoms with Gasteiger partial charge in [-0.05, 0) is 26.3 Å². The van der Waals surface area contributed by atoms with Gasteiger partial charge in [0, 0.05) is 25.1 Å². The zero-order chi connectivity index (χ0) is 11.3. The van der Waals surface area contributed by atoms with E-state index in [4.69, 9.17) is 4.74 Å². The van der Waals surface area contributed by atoms with E-state index in [2.05, 4.69) is 25.7 Å². The molecule has 1 saturated heterocycles. The highest BCUT2D eigenvalue weighted by atomic mass is 16.5. The number of nitrogens with zero attached hydrogens (tertiary/aromatic N) is 1. The fraction of sp³-hybridized carbons (Fsp3) is 1.00. The highest BCUT2D eigenvalue weighted by molar-refractivity contribution is 4.77. The Balaban J connectivity index is 2.42. The Kier molecular flexibility index (Phi) is 5.58. The second-order valence-electron chi connectivity index (χ2n) is 4.54. The molecule has 90 valence electrons. The first-order chi connectivity index (χ1) is 7.19. The molecule has 0 saturated carbocycles. The zero-order valence-corrected chi connectivity index (χ0v) is 10.3. The minimum absolute atomic E-state index is 0.170. The first kappa shape index (κ1) is 12.9. The average molecular weight is 215 g/mol. The average Bonchev–Trinajstić information content (AvgIpc) is 2.27. The molecule has 1 fully saturated rings. The quantitative estimate of drug-likeness (QED) is 0.754. The molecule has 1 heterocycles. The van der Waals surface area contributed by atoms with E-state index < -0.39 is 0 Å². The molecule has 3 nitrogen and oxygen atoms in total. The number of rotatable bonds is 5. The van der Waals surface area contributed by atoms with Gasteiger partial charge in [0.15, 0.2) is 0 Å². The van der Waals surface area contributed by atoms with Crippen LogP contribution in [-0.2, 0) is 4.74 Å². The van der Waals surface area contributed by atoms with Gasteiger partial charge in [0.25, 0.3) is 0 Å². The van der Waals surface area contributed by atoms with Gasteiger partial charge in [-0.15, -0.1) is 0 Å². The summed E-state index contributed by atoms with van der Waals surface area (Å²) in [5.41, 5.74) is 0. The highest BCUT2D eigenvalue weighted by Gasteiger charge is 2.26. The molecule has 0 spiro atoms. The van der Waals surface area contributed by atoms with E-state index in [9.17, 15) is 5.11 Å². The Morgan fingerprint density at radius 2 is 2.20 bits per heavy atom. The van der Waals surface area contributed by atoms with E-state index in [1.807, 2.05) is 0 Å². The second kappa shape index (κ2) is 6.46. The van der Waals surface area contributed by atoms with Crippen molar-refractivity contribution in [3.8, 4) is 0 Å². The Labute approximate surface area is 93.4 Å². The molecule has 3 heteroatoms. The number of ether oxygens (including phenoxy) is 1. The fourth-order valence-corrected chi connectivity index (χ4v) is 2.14. The summed E-state index contributed by atoms with van der Waals surface area (Å²) in [7, 11) is 0. The van der Waals surface area contributed by atoms with Gasteiger partial charge in [0.2, 0.25) is 0 Å². The van der Waals surface area contributed by atoms with Gasteiger partial charge in [0.05, 0.1) is 12.7 Å². The Hall–Kier alpha value is -0.120. The van der Waals surface area contributed by atoms with Crippen LogP contribution in [0, 0.1) is 5.92 Å². The Morgan fingerprint density at radius 3 is 2.73 bits per heavy atom. The van der Waals surface area contributed by atoms with E-state index >= 15 is 0 Å². The molecule has 1 aliphatic heterocycles. The third-order valence-electron chi connectivity index (χ3n) is 3.52. The van der Waals surface area contributed by atoms with E-state index in [-0.39, 0.29) is 6.10 Å². The summed E-state index contributed by atoms with van der Waals surface area (Å²) < 4.78 is 5.42. The summed E-state index contributed by atoms with van der Waals surface area (Å²) in [4.78, 5) is 2.43. The fourth-order valence-electron chi connectivity index (χ4n) is 2.14. The molecule has 0 aliphatic carbocycles. The van der Waals surface area contributed by atoms with Crippen molar-refractivity contribution in [2.24, 2.45) is 5.92 Å². The van der Waals surface area contributed by atoms with Crippen molar-refractivity contribution in [3.05, 3.63) is 0 Å². The Bertz CT molecular complexity index is 171. The lowest BCUT2D eigenvalue weighted by Gasteiger charge is -2.35. The minimum atomic E-state index is -0.170. The molecule has 1 rings (SSSR count). The van der Waals surface area contributed by atoms with Crippen LogP contribution in [0.3, 0.4) is 0 Å². The maximum Gasteiger partial charge on any atom is 0.0624 e. The first-order valence-corrected chi connectivity index (χ1v) is 6.18. The van der Waals surface area contributed by atoms with Crippen LogP contribution in [0.4, 0.5) is 0 Å². The van der Waals surface area contributed by atoms with E-state index in [1.54, 1.807) is 0 Å². The second-order valence-corrected chi connectivity index (χ2v) is 4.54. The van der Waals surface area contributed by atoms with Crippen LogP contribution in [0.15, 0.2) is 0 Å². The number of hydrogen-bond acceptors (Lipinski definition) is 3. The summed E-state index contributed by atoms with van der Waals surface area (Å²) >= 11 is 0. The molecule has 15 heavy (non-hydrogen) atoms. The number of aliphatic hydroxyl groups is 1. The van der Waals surface area contributed by atoms with E-state index in [1.165, 1.54) is 0 Å². The van der Waals surface area contributed by atoms with Crippen LogP contribution < -0.4 is 0 Å². The molecule has 1 N–H and O–H groups in total. The molecule has 0 aromatic rings. The van der Waals surface area contributed by atoms with Crippen molar-refractivity contribution in [3.63, 3.8) is 0 Å². The van der Waals surface area contributed by atoms with E-state index in [0.717, 1.165) is 25.9 Å². The summed E-state index contributed by atoms with van der Waals surface area (Å²) in [6, 6.07) is 0.601. The maximum absolute atomic E-state index is 9.86. The van der Waals surface area contributed by atoms with Crippen molar-refractivity contribution < 1.29 is 9.84 Å². The number of aliphatic hydroxyl groups excluding tert-OH is 1. The molecule has 0 aromatic heterocycles. The van der Waals surface area contributed by atoms with Crippen molar-refractivity contribution in [2.75, 3.05) is 26.3 Å². The van der Waals surface area contributed by atoms with Gasteiger partial charge in [-0.3, -0.25) is 0 Å². The monoisotopic (exact) mass is 215 g/mol. The van der Waals surface area contributed by atoms with Gasteiger partial charge >= 0.3 is 0 Å². The smallest absolute Gasteiger partial charge is 0.0624 e. The topological polar surface area (TPSA) is 32.7 Å². The summed E-state index contributed by atoms with van der Waals surface area (Å²) in [6.45, 7) is 10.1. The summed E-state index contributed by atoms with van der Waals surface area (Å²) in [5, 5.41) is 9.86. The van der Waals surface area contributed by atoms with Gasteiger partial charge < -0.3 is 14.7 Å². The normalized spacial score (nSPS) is 29.4. The van der Waals surface area contributed by atoms with Crippen LogP contribution in [0.2, 0.25) is 0 Å². The van der Waals surface area contributed by atoms with Gasteiger partial charge in [-0.1, -0.05) is 13.8 Å². The lowest BCUT2D eigenvalue weighted by Crippen LogP contribution is -2.44. The van der Waals surface area contributed by atoms with Crippen LogP contribution in [0.1, 0.15) is 33.6 Å². The largest absolute Gasteiger partial charge is 0.393 e. The molecule has 3 atom stereocenters. The van der Waals surface area contributed by atoms with Crippen LogP contribution in [0.25, 0.3) is 0 Å². The first-order valence-electron chi connectivity index (χ1n) is 6.18. The highest BCUT2D eigenvalue weighted by Crippen LogP contribution is 2.17. The van der Waals surface area contributed by atoms with Gasteiger partial charge in [-0.25, -0.2) is 0 Å². The van der Waals surface area contributed by atoms with E-state index in [0.29, 0.717) is 25.2 Å². The minimum Gasteiger partial charge on any atom is -0.393 e. The van der Waals surface area contributed by atoms with Gasteiger partial charge in [0.1, 0.15) is 0 Å². The van der Waals surface area contributed by atoms with Crippen molar-refractivity contribution in [1.29, 1.82) is 0 Å². The third-order valence-corrected chi connectivity index (χ3v) is 3.52. The molecule has 3 unspecified atom stereocenters. The standard InChI is InChI=1S/C12H25NO2/c1-4-10(3)13(5-2)8-11-9-15-7-6-12(11)14/h10-12,14H,4-9H2,1-3H3. The molecule has 0 bridgehead atoms. The summed E-state index contributed by atoms with van der Waals surface area (Å²) in [5.74, 6) is 0.299.